The molecule has 9 nitrogen and oxygen atoms in total. The van der Waals surface area contributed by atoms with Crippen molar-refractivity contribution >= 4 is 28.4 Å². The van der Waals surface area contributed by atoms with E-state index in [0.717, 1.165) is 23.9 Å². The number of anilines is 1. The predicted molar refractivity (Wildman–Crippen MR) is 130 cm³/mol. The number of nitrogens with one attached hydrogen (secondary N) is 1. The van der Waals surface area contributed by atoms with Crippen LogP contribution in [-0.4, -0.2) is 76.2 Å². The number of nitrogens with zero attached hydrogens (tertiary/aromatic N) is 2. The number of carbonyl (C=O) groups excluding carboxylic acids is 1. The summed E-state index contributed by atoms with van der Waals surface area (Å²) in [6.45, 7) is 3.46. The number of amides is 1. The van der Waals surface area contributed by atoms with E-state index in [1.165, 1.54) is 37.9 Å². The van der Waals surface area contributed by atoms with E-state index in [-0.39, 0.29) is 5.57 Å². The summed E-state index contributed by atoms with van der Waals surface area (Å²) in [5.74, 6) is -0.831. The molecule has 2 aliphatic heterocycles. The number of benzene rings is 2. The number of hydrogen-bond acceptors (Lipinski definition) is 8. The molecule has 186 valence electrons. The molecule has 4 rings (SSSR count). The third-order valence-electron chi connectivity index (χ3n) is 6.68. The predicted octanol–water partition coefficient (Wildman–Crippen LogP) is 1.04. The molecule has 0 aliphatic carbocycles. The Morgan fingerprint density at radius 1 is 1.11 bits per heavy atom. The largest absolute Gasteiger partial charge is 0.391 e. The lowest BCUT2D eigenvalue weighted by molar-refractivity contribution is -0.264. The normalized spacial score (nSPS) is 28.4. The Labute approximate surface area is 203 Å². The number of rotatable bonds is 5. The van der Waals surface area contributed by atoms with Crippen molar-refractivity contribution in [2.75, 3.05) is 18.0 Å². The maximum absolute atomic E-state index is 12.7. The average molecular weight is 482 g/mol. The number of aliphatic hydroxyl groups excluding tert-OH is 4. The first-order valence-corrected chi connectivity index (χ1v) is 11.9. The number of nitriles is 1. The van der Waals surface area contributed by atoms with Gasteiger partial charge in [0, 0.05) is 18.8 Å². The zero-order chi connectivity index (χ0) is 25.1. The van der Waals surface area contributed by atoms with E-state index in [1.807, 2.05) is 30.3 Å². The van der Waals surface area contributed by atoms with E-state index < -0.39 is 42.7 Å². The number of carbonyl (C=O) groups is 1. The molecule has 2 aliphatic rings. The first kappa shape index (κ1) is 25.1. The lowest BCUT2D eigenvalue weighted by atomic mass is 9.94. The lowest BCUT2D eigenvalue weighted by Gasteiger charge is -2.41. The van der Waals surface area contributed by atoms with Gasteiger partial charge >= 0.3 is 0 Å². The third-order valence-corrected chi connectivity index (χ3v) is 6.68. The summed E-state index contributed by atoms with van der Waals surface area (Å²) in [6, 6.07) is 12.3. The van der Waals surface area contributed by atoms with Crippen LogP contribution < -0.4 is 10.2 Å². The second kappa shape index (κ2) is 10.7. The molecule has 2 heterocycles. The van der Waals surface area contributed by atoms with Crippen LogP contribution in [0.1, 0.15) is 31.7 Å². The zero-order valence-corrected chi connectivity index (χ0v) is 19.5. The molecule has 0 bridgehead atoms. The first-order valence-electron chi connectivity index (χ1n) is 11.9. The molecular weight excluding hydrogens is 450 g/mol. The fourth-order valence-corrected chi connectivity index (χ4v) is 4.69. The Hall–Kier alpha value is -3.00. The number of ether oxygens (including phenoxy) is 1. The van der Waals surface area contributed by atoms with Gasteiger partial charge in [0.15, 0.2) is 6.29 Å². The highest BCUT2D eigenvalue weighted by atomic mass is 16.6. The second-order valence-corrected chi connectivity index (χ2v) is 9.22. The Kier molecular flexibility index (Phi) is 7.69. The van der Waals surface area contributed by atoms with Gasteiger partial charge < -0.3 is 35.4 Å². The molecule has 0 aromatic heterocycles. The SMILES string of the molecule is CC(O)[C@H]1OC(O)[C@H](NC(=O)/C(C#N)=C\c2ccc3cc(N4CCCCC4)ccc3c2)[C@@H](O)[C@@H]1O. The summed E-state index contributed by atoms with van der Waals surface area (Å²) >= 11 is 0. The Balaban J connectivity index is 1.50. The lowest BCUT2D eigenvalue weighted by Crippen LogP contribution is -2.65. The molecule has 35 heavy (non-hydrogen) atoms. The van der Waals surface area contributed by atoms with Gasteiger partial charge in [-0.05, 0) is 66.8 Å². The minimum absolute atomic E-state index is 0.235. The smallest absolute Gasteiger partial charge is 0.262 e. The minimum atomic E-state index is -1.67. The van der Waals surface area contributed by atoms with Gasteiger partial charge in [0.2, 0.25) is 0 Å². The standard InChI is InChI=1S/C26H31N3O6/c1-15(30)24-23(32)22(31)21(26(34)35-24)28-25(33)19(14-27)12-16-5-6-18-13-20(8-7-17(18)11-16)29-9-3-2-4-10-29/h5-8,11-13,15,21-24,26,30-32,34H,2-4,9-10H2,1H3,(H,28,33)/b19-12-/t15?,21-,22-,23+,24-,26?/m1/s1. The molecule has 9 heteroatoms. The van der Waals surface area contributed by atoms with Crippen molar-refractivity contribution in [3.8, 4) is 6.07 Å². The van der Waals surface area contributed by atoms with Crippen LogP contribution in [0.5, 0.6) is 0 Å². The Morgan fingerprint density at radius 3 is 2.49 bits per heavy atom. The zero-order valence-electron chi connectivity index (χ0n) is 19.5. The molecule has 2 unspecified atom stereocenters. The average Bonchev–Trinajstić information content (AvgIpc) is 2.87. The quantitative estimate of drug-likeness (QED) is 0.315. The molecule has 2 saturated heterocycles. The van der Waals surface area contributed by atoms with Gasteiger partial charge in [-0.25, -0.2) is 0 Å². The molecule has 2 fully saturated rings. The highest BCUT2D eigenvalue weighted by molar-refractivity contribution is 6.02. The number of hydrogen-bond donors (Lipinski definition) is 5. The fourth-order valence-electron chi connectivity index (χ4n) is 4.69. The third kappa shape index (κ3) is 5.48. The van der Waals surface area contributed by atoms with Crippen molar-refractivity contribution in [3.63, 3.8) is 0 Å². The highest BCUT2D eigenvalue weighted by Crippen LogP contribution is 2.27. The molecule has 0 spiro atoms. The van der Waals surface area contributed by atoms with Gasteiger partial charge in [-0.3, -0.25) is 4.79 Å². The van der Waals surface area contributed by atoms with Gasteiger partial charge in [0.25, 0.3) is 5.91 Å². The van der Waals surface area contributed by atoms with Gasteiger partial charge in [0.1, 0.15) is 36.0 Å². The number of fused-ring (bicyclic) bond motifs is 1. The van der Waals surface area contributed by atoms with Crippen molar-refractivity contribution in [2.45, 2.75) is 62.9 Å². The van der Waals surface area contributed by atoms with Crippen molar-refractivity contribution in [2.24, 2.45) is 0 Å². The van der Waals surface area contributed by atoms with Crippen molar-refractivity contribution in [3.05, 3.63) is 47.5 Å². The van der Waals surface area contributed by atoms with Crippen LogP contribution in [0, 0.1) is 11.3 Å². The Bertz CT molecular complexity index is 1140. The molecule has 2 aromatic rings. The van der Waals surface area contributed by atoms with Gasteiger partial charge in [-0.15, -0.1) is 0 Å². The molecular formula is C26H31N3O6. The number of piperidine rings is 1. The van der Waals surface area contributed by atoms with E-state index in [4.69, 9.17) is 4.74 Å². The van der Waals surface area contributed by atoms with Crippen LogP contribution >= 0.6 is 0 Å². The van der Waals surface area contributed by atoms with Crippen LogP contribution in [-0.2, 0) is 9.53 Å². The van der Waals surface area contributed by atoms with Crippen LogP contribution in [0.25, 0.3) is 16.8 Å². The van der Waals surface area contributed by atoms with Crippen molar-refractivity contribution < 1.29 is 30.0 Å². The maximum Gasteiger partial charge on any atom is 0.262 e. The molecule has 2 aromatic carbocycles. The summed E-state index contributed by atoms with van der Waals surface area (Å²) in [5, 5.41) is 54.3. The molecule has 6 atom stereocenters. The van der Waals surface area contributed by atoms with E-state index in [2.05, 4.69) is 22.3 Å². The fraction of sp³-hybridized carbons (Fsp3) is 0.462. The monoisotopic (exact) mass is 481 g/mol. The van der Waals surface area contributed by atoms with E-state index >= 15 is 0 Å². The van der Waals surface area contributed by atoms with Gasteiger partial charge in [-0.2, -0.15) is 5.26 Å². The highest BCUT2D eigenvalue weighted by Gasteiger charge is 2.46. The van der Waals surface area contributed by atoms with Crippen LogP contribution in [0.15, 0.2) is 42.0 Å². The van der Waals surface area contributed by atoms with Gasteiger partial charge in [0.05, 0.1) is 6.10 Å². The topological polar surface area (TPSA) is 146 Å². The summed E-state index contributed by atoms with van der Waals surface area (Å²) in [4.78, 5) is 15.1. The molecule has 0 saturated carbocycles. The summed E-state index contributed by atoms with van der Waals surface area (Å²) in [6.07, 6.45) is -2.09. The summed E-state index contributed by atoms with van der Waals surface area (Å²) in [5.41, 5.74) is 1.59. The number of aliphatic hydroxyl groups is 4. The molecule has 0 radical (unpaired) electrons. The van der Waals surface area contributed by atoms with Crippen molar-refractivity contribution in [1.82, 2.24) is 5.32 Å². The van der Waals surface area contributed by atoms with E-state index in [0.29, 0.717) is 5.56 Å². The van der Waals surface area contributed by atoms with E-state index in [1.54, 1.807) is 0 Å². The second-order valence-electron chi connectivity index (χ2n) is 9.22. The minimum Gasteiger partial charge on any atom is -0.391 e. The molecule has 5 N–H and O–H groups in total. The molecule has 1 amide bonds. The van der Waals surface area contributed by atoms with Crippen LogP contribution in [0.2, 0.25) is 0 Å². The van der Waals surface area contributed by atoms with E-state index in [9.17, 15) is 30.5 Å². The Morgan fingerprint density at radius 2 is 1.80 bits per heavy atom. The van der Waals surface area contributed by atoms with Gasteiger partial charge in [-0.1, -0.05) is 18.2 Å². The maximum atomic E-state index is 12.7. The van der Waals surface area contributed by atoms with Crippen LogP contribution in [0.4, 0.5) is 5.69 Å². The first-order chi connectivity index (χ1) is 16.8. The summed E-state index contributed by atoms with van der Waals surface area (Å²) < 4.78 is 5.15. The van der Waals surface area contributed by atoms with Crippen LogP contribution in [0.3, 0.4) is 0 Å². The summed E-state index contributed by atoms with van der Waals surface area (Å²) in [7, 11) is 0. The van der Waals surface area contributed by atoms with Crippen molar-refractivity contribution in [1.29, 1.82) is 5.26 Å².